The van der Waals surface area contributed by atoms with Gasteiger partial charge in [-0.15, -0.1) is 0 Å². The van der Waals surface area contributed by atoms with Crippen LogP contribution < -0.4 is 19.1 Å². The van der Waals surface area contributed by atoms with E-state index < -0.39 is 28.5 Å². The van der Waals surface area contributed by atoms with Crippen molar-refractivity contribution >= 4 is 39.1 Å². The third-order valence-corrected chi connectivity index (χ3v) is 8.24. The van der Waals surface area contributed by atoms with Gasteiger partial charge < -0.3 is 19.7 Å². The molecule has 0 aromatic heterocycles. The monoisotopic (exact) mass is 563 g/mol. The Labute approximate surface area is 229 Å². The van der Waals surface area contributed by atoms with Crippen LogP contribution >= 0.6 is 11.6 Å². The molecule has 0 radical (unpaired) electrons. The molecule has 38 heavy (non-hydrogen) atoms. The van der Waals surface area contributed by atoms with Gasteiger partial charge in [-0.05, 0) is 49.1 Å². The number of carbonyl (C=O) groups excluding carboxylic acids is 2. The van der Waals surface area contributed by atoms with Crippen LogP contribution in [-0.4, -0.2) is 63.2 Å². The van der Waals surface area contributed by atoms with Crippen molar-refractivity contribution in [3.8, 4) is 11.5 Å². The van der Waals surface area contributed by atoms with E-state index in [1.807, 2.05) is 6.92 Å². The van der Waals surface area contributed by atoms with Crippen molar-refractivity contribution in [2.45, 2.75) is 57.7 Å². The van der Waals surface area contributed by atoms with Crippen LogP contribution in [0.2, 0.25) is 5.02 Å². The summed E-state index contributed by atoms with van der Waals surface area (Å²) >= 11 is 6.05. The second-order valence-electron chi connectivity index (χ2n) is 9.66. The van der Waals surface area contributed by atoms with Crippen molar-refractivity contribution in [3.05, 3.63) is 53.1 Å². The highest BCUT2D eigenvalue weighted by Gasteiger charge is 2.33. The minimum Gasteiger partial charge on any atom is -0.486 e. The molecular weight excluding hydrogens is 530 g/mol. The molecule has 1 aliphatic heterocycles. The molecule has 0 unspecified atom stereocenters. The van der Waals surface area contributed by atoms with Crippen LogP contribution in [0.3, 0.4) is 0 Å². The van der Waals surface area contributed by atoms with Crippen LogP contribution in [0.25, 0.3) is 0 Å². The average molecular weight is 564 g/mol. The molecule has 2 aromatic carbocycles. The smallest absolute Gasteiger partial charge is 0.244 e. The maximum absolute atomic E-state index is 13.8. The summed E-state index contributed by atoms with van der Waals surface area (Å²) in [4.78, 5) is 28.6. The minimum absolute atomic E-state index is 0.0919. The number of halogens is 1. The molecule has 11 heteroatoms. The van der Waals surface area contributed by atoms with Gasteiger partial charge in [0.15, 0.2) is 11.5 Å². The van der Waals surface area contributed by atoms with E-state index >= 15 is 0 Å². The number of hydrogen-bond donors (Lipinski definition) is 1. The quantitative estimate of drug-likeness (QED) is 0.472. The molecule has 1 atom stereocenters. The molecular formula is C27H34ClN3O6S. The first kappa shape index (κ1) is 28.0. The zero-order valence-corrected chi connectivity index (χ0v) is 23.3. The van der Waals surface area contributed by atoms with Gasteiger partial charge in [-0.25, -0.2) is 8.42 Å². The molecule has 0 saturated heterocycles. The van der Waals surface area contributed by atoms with Crippen molar-refractivity contribution in [1.29, 1.82) is 0 Å². The zero-order chi connectivity index (χ0) is 27.3. The van der Waals surface area contributed by atoms with Gasteiger partial charge in [0.2, 0.25) is 21.8 Å². The van der Waals surface area contributed by atoms with Gasteiger partial charge in [0.25, 0.3) is 0 Å². The second kappa shape index (κ2) is 12.3. The summed E-state index contributed by atoms with van der Waals surface area (Å²) in [7, 11) is -3.85. The first-order valence-electron chi connectivity index (χ1n) is 12.9. The summed E-state index contributed by atoms with van der Waals surface area (Å²) < 4.78 is 37.9. The number of nitrogens with one attached hydrogen (secondary N) is 1. The lowest BCUT2D eigenvalue weighted by molar-refractivity contribution is -0.140. The highest BCUT2D eigenvalue weighted by molar-refractivity contribution is 7.92. The predicted octanol–water partition coefficient (Wildman–Crippen LogP) is 3.74. The van der Waals surface area contributed by atoms with Gasteiger partial charge in [-0.3, -0.25) is 13.9 Å². The molecule has 0 bridgehead atoms. The number of sulfonamides is 1. The number of carbonyl (C=O) groups is 2. The topological polar surface area (TPSA) is 105 Å². The third-order valence-electron chi connectivity index (χ3n) is 6.85. The lowest BCUT2D eigenvalue weighted by Gasteiger charge is -2.33. The Kier molecular flexibility index (Phi) is 9.04. The van der Waals surface area contributed by atoms with E-state index in [4.69, 9.17) is 21.1 Å². The predicted molar refractivity (Wildman–Crippen MR) is 146 cm³/mol. The third kappa shape index (κ3) is 6.91. The number of fused-ring (bicyclic) bond motifs is 1. The molecule has 1 saturated carbocycles. The molecule has 2 amide bonds. The van der Waals surface area contributed by atoms with E-state index in [0.29, 0.717) is 36.2 Å². The molecule has 206 valence electrons. The second-order valence-corrected chi connectivity index (χ2v) is 12.0. The minimum atomic E-state index is -3.85. The molecule has 4 rings (SSSR count). The van der Waals surface area contributed by atoms with E-state index in [1.54, 1.807) is 42.5 Å². The van der Waals surface area contributed by atoms with E-state index in [9.17, 15) is 18.0 Å². The maximum Gasteiger partial charge on any atom is 0.244 e. The number of anilines is 1. The standard InChI is InChI=1S/C27H34ClN3O6S/c1-3-23(27(33)29-21-6-4-5-7-21)30(17-19-8-10-20(28)11-9-19)26(32)18-31(38(2,34)35)22-12-13-24-25(16-22)37-15-14-36-24/h8-13,16,21,23H,3-7,14-15,17-18H2,1-2H3,(H,29,33)/t23-/m1/s1. The largest absolute Gasteiger partial charge is 0.486 e. The normalized spacial score (nSPS) is 16.1. The highest BCUT2D eigenvalue weighted by Crippen LogP contribution is 2.35. The number of benzene rings is 2. The van der Waals surface area contributed by atoms with Crippen LogP contribution in [0.4, 0.5) is 5.69 Å². The summed E-state index contributed by atoms with van der Waals surface area (Å²) in [5.41, 5.74) is 1.06. The first-order chi connectivity index (χ1) is 18.2. The Hall–Kier alpha value is -2.98. The van der Waals surface area contributed by atoms with Crippen molar-refractivity contribution in [1.82, 2.24) is 10.2 Å². The summed E-state index contributed by atoms with van der Waals surface area (Å²) in [6.45, 7) is 2.25. The number of amides is 2. The summed E-state index contributed by atoms with van der Waals surface area (Å²) in [5, 5.41) is 3.65. The lowest BCUT2D eigenvalue weighted by Crippen LogP contribution is -2.53. The molecule has 9 nitrogen and oxygen atoms in total. The van der Waals surface area contributed by atoms with Crippen molar-refractivity contribution < 1.29 is 27.5 Å². The fourth-order valence-electron chi connectivity index (χ4n) is 4.87. The SMILES string of the molecule is CC[C@H](C(=O)NC1CCCC1)N(Cc1ccc(Cl)cc1)C(=O)CN(c1ccc2c(c1)OCCO2)S(C)(=O)=O. The van der Waals surface area contributed by atoms with Crippen molar-refractivity contribution in [2.24, 2.45) is 0 Å². The first-order valence-corrected chi connectivity index (χ1v) is 15.1. The molecule has 1 heterocycles. The zero-order valence-electron chi connectivity index (χ0n) is 21.7. The van der Waals surface area contributed by atoms with E-state index in [1.165, 1.54) is 4.90 Å². The highest BCUT2D eigenvalue weighted by atomic mass is 35.5. The molecule has 1 fully saturated rings. The summed E-state index contributed by atoms with van der Waals surface area (Å²) in [6, 6.07) is 11.1. The molecule has 1 N–H and O–H groups in total. The van der Waals surface area contributed by atoms with Crippen LogP contribution in [0, 0.1) is 0 Å². The number of rotatable bonds is 10. The Balaban J connectivity index is 1.62. The Morgan fingerprint density at radius 1 is 1.05 bits per heavy atom. The molecule has 1 aliphatic carbocycles. The van der Waals surface area contributed by atoms with Crippen LogP contribution in [-0.2, 0) is 26.2 Å². The Bertz CT molecular complexity index is 1250. The van der Waals surface area contributed by atoms with Crippen LogP contribution in [0.1, 0.15) is 44.6 Å². The molecule has 0 spiro atoms. The van der Waals surface area contributed by atoms with E-state index in [0.717, 1.165) is 41.8 Å². The molecule has 2 aromatic rings. The van der Waals surface area contributed by atoms with Gasteiger partial charge in [0.1, 0.15) is 25.8 Å². The number of ether oxygens (including phenoxy) is 2. The molecule has 2 aliphatic rings. The fraction of sp³-hybridized carbons (Fsp3) is 0.481. The number of nitrogens with zero attached hydrogens (tertiary/aromatic N) is 2. The summed E-state index contributed by atoms with van der Waals surface area (Å²) in [5.74, 6) is 0.203. The van der Waals surface area contributed by atoms with Crippen molar-refractivity contribution in [3.63, 3.8) is 0 Å². The Morgan fingerprint density at radius 3 is 2.34 bits per heavy atom. The van der Waals surface area contributed by atoms with Gasteiger partial charge in [0.05, 0.1) is 11.9 Å². The van der Waals surface area contributed by atoms with Crippen LogP contribution in [0.15, 0.2) is 42.5 Å². The maximum atomic E-state index is 13.8. The van der Waals surface area contributed by atoms with E-state index in [-0.39, 0.29) is 24.2 Å². The van der Waals surface area contributed by atoms with Gasteiger partial charge in [-0.1, -0.05) is 43.5 Å². The van der Waals surface area contributed by atoms with E-state index in [2.05, 4.69) is 5.32 Å². The van der Waals surface area contributed by atoms with Gasteiger partial charge in [-0.2, -0.15) is 0 Å². The summed E-state index contributed by atoms with van der Waals surface area (Å²) in [6.07, 6.45) is 5.38. The lowest BCUT2D eigenvalue weighted by atomic mass is 10.1. The average Bonchev–Trinajstić information content (AvgIpc) is 3.40. The Morgan fingerprint density at radius 2 is 1.71 bits per heavy atom. The van der Waals surface area contributed by atoms with Gasteiger partial charge in [0, 0.05) is 23.7 Å². The fourth-order valence-corrected chi connectivity index (χ4v) is 5.84. The number of hydrogen-bond acceptors (Lipinski definition) is 6. The van der Waals surface area contributed by atoms with Gasteiger partial charge >= 0.3 is 0 Å². The van der Waals surface area contributed by atoms with Crippen LogP contribution in [0.5, 0.6) is 11.5 Å². The van der Waals surface area contributed by atoms with Crippen molar-refractivity contribution in [2.75, 3.05) is 30.3 Å².